The molecule has 1 unspecified atom stereocenters. The predicted octanol–water partition coefficient (Wildman–Crippen LogP) is 1.52. The fraction of sp³-hybridized carbons (Fsp3) is 0.571. The smallest absolute Gasteiger partial charge is 0.411 e. The Bertz CT molecular complexity index is 662. The molecule has 0 N–H and O–H groups in total. The minimum Gasteiger partial charge on any atom is -0.467 e. The summed E-state index contributed by atoms with van der Waals surface area (Å²) in [5.74, 6) is -0.570. The number of esters is 1. The first-order valence-electron chi connectivity index (χ1n) is 7.00. The first-order chi connectivity index (χ1) is 10.7. The van der Waals surface area contributed by atoms with Gasteiger partial charge in [0, 0.05) is 12.6 Å². The van der Waals surface area contributed by atoms with E-state index < -0.39 is 23.7 Å². The number of aryl methyl sites for hydroxylation is 1. The summed E-state index contributed by atoms with van der Waals surface area (Å²) in [6, 6.07) is -0.948. The number of rotatable bonds is 1. The summed E-state index contributed by atoms with van der Waals surface area (Å²) in [5.41, 5.74) is 1.02. The molecular formula is C14H20N4O4S. The summed E-state index contributed by atoms with van der Waals surface area (Å²) in [6.45, 7) is 5.35. The van der Waals surface area contributed by atoms with Crippen molar-refractivity contribution in [2.24, 2.45) is 11.4 Å². The predicted molar refractivity (Wildman–Crippen MR) is 86.4 cm³/mol. The molecule has 0 saturated carbocycles. The van der Waals surface area contributed by atoms with Crippen molar-refractivity contribution in [2.75, 3.05) is 13.7 Å². The molecule has 2 heterocycles. The van der Waals surface area contributed by atoms with Crippen molar-refractivity contribution in [2.45, 2.75) is 32.4 Å². The van der Waals surface area contributed by atoms with Crippen LogP contribution in [0.5, 0.6) is 0 Å². The van der Waals surface area contributed by atoms with Crippen molar-refractivity contribution in [1.29, 1.82) is 0 Å². The number of thiol groups is 1. The normalized spacial score (nSPS) is 19.5. The maximum atomic E-state index is 12.5. The minimum atomic E-state index is -0.948. The van der Waals surface area contributed by atoms with Gasteiger partial charge in [-0.3, -0.25) is 9.58 Å². The molecule has 9 heteroatoms. The lowest BCUT2D eigenvalue weighted by molar-refractivity contribution is -0.147. The maximum absolute atomic E-state index is 12.5. The van der Waals surface area contributed by atoms with Gasteiger partial charge in [0.15, 0.2) is 6.04 Å². The van der Waals surface area contributed by atoms with Crippen LogP contribution in [0.25, 0.3) is 0 Å². The van der Waals surface area contributed by atoms with Gasteiger partial charge in [-0.1, -0.05) is 0 Å². The monoisotopic (exact) mass is 340 g/mol. The van der Waals surface area contributed by atoms with Gasteiger partial charge in [-0.2, -0.15) is 5.10 Å². The molecule has 2 rings (SSSR count). The molecule has 1 atom stereocenters. The Morgan fingerprint density at radius 2 is 2.09 bits per heavy atom. The van der Waals surface area contributed by atoms with E-state index in [1.807, 2.05) is 0 Å². The third-order valence-corrected chi connectivity index (χ3v) is 3.60. The van der Waals surface area contributed by atoms with Gasteiger partial charge in [-0.15, -0.1) is 0 Å². The first kappa shape index (κ1) is 17.3. The molecule has 0 bridgehead atoms. The van der Waals surface area contributed by atoms with E-state index in [4.69, 9.17) is 9.47 Å². The quantitative estimate of drug-likeness (QED) is 0.619. The average molecular weight is 340 g/mol. The van der Waals surface area contributed by atoms with Gasteiger partial charge < -0.3 is 9.47 Å². The topological polar surface area (TPSA) is 86.0 Å². The minimum absolute atomic E-state index is 0.0802. The van der Waals surface area contributed by atoms with E-state index in [0.29, 0.717) is 17.0 Å². The average Bonchev–Trinajstić information content (AvgIpc) is 2.85. The number of amides is 1. The SMILES string of the molecule is COC(=O)C1c2c(cnn2C)/C(=N/S)CN1C(=O)OC(C)(C)C. The molecular weight excluding hydrogens is 320 g/mol. The number of carbonyl (C=O) groups is 2. The van der Waals surface area contributed by atoms with Crippen LogP contribution in [-0.4, -0.2) is 51.7 Å². The summed E-state index contributed by atoms with van der Waals surface area (Å²) in [4.78, 5) is 26.1. The lowest BCUT2D eigenvalue weighted by Gasteiger charge is -2.35. The summed E-state index contributed by atoms with van der Waals surface area (Å²) in [7, 11) is 2.96. The number of aromatic nitrogens is 2. The van der Waals surface area contributed by atoms with E-state index in [1.54, 1.807) is 34.0 Å². The van der Waals surface area contributed by atoms with Crippen LogP contribution in [0.2, 0.25) is 0 Å². The lowest BCUT2D eigenvalue weighted by Crippen LogP contribution is -2.48. The molecule has 0 fully saturated rings. The summed E-state index contributed by atoms with van der Waals surface area (Å²) in [6.07, 6.45) is 0.960. The van der Waals surface area contributed by atoms with Crippen LogP contribution in [0.3, 0.4) is 0 Å². The van der Waals surface area contributed by atoms with Gasteiger partial charge in [-0.25, -0.2) is 14.0 Å². The Kier molecular flexibility index (Phi) is 4.69. The Labute approximate surface area is 140 Å². The fourth-order valence-corrected chi connectivity index (χ4v) is 2.58. The Morgan fingerprint density at radius 1 is 1.43 bits per heavy atom. The van der Waals surface area contributed by atoms with Crippen molar-refractivity contribution in [3.63, 3.8) is 0 Å². The molecule has 0 saturated heterocycles. The molecule has 0 spiro atoms. The van der Waals surface area contributed by atoms with E-state index in [-0.39, 0.29) is 6.54 Å². The van der Waals surface area contributed by atoms with Crippen LogP contribution in [0.4, 0.5) is 4.79 Å². The highest BCUT2D eigenvalue weighted by Gasteiger charge is 2.43. The Morgan fingerprint density at radius 3 is 2.61 bits per heavy atom. The van der Waals surface area contributed by atoms with E-state index >= 15 is 0 Å². The van der Waals surface area contributed by atoms with Crippen molar-refractivity contribution in [3.8, 4) is 0 Å². The van der Waals surface area contributed by atoms with Crippen molar-refractivity contribution in [1.82, 2.24) is 14.7 Å². The lowest BCUT2D eigenvalue weighted by atomic mass is 9.98. The maximum Gasteiger partial charge on any atom is 0.411 e. The molecule has 1 aromatic heterocycles. The zero-order chi connectivity index (χ0) is 17.4. The molecule has 0 aliphatic carbocycles. The van der Waals surface area contributed by atoms with Crippen molar-refractivity contribution < 1.29 is 19.1 Å². The summed E-state index contributed by atoms with van der Waals surface area (Å²) < 4.78 is 15.7. The van der Waals surface area contributed by atoms with E-state index in [9.17, 15) is 9.59 Å². The number of nitrogens with zero attached hydrogens (tertiary/aromatic N) is 4. The van der Waals surface area contributed by atoms with Gasteiger partial charge in [0.1, 0.15) is 5.60 Å². The largest absolute Gasteiger partial charge is 0.467 e. The Hall–Kier alpha value is -2.03. The molecule has 0 aromatic carbocycles. The molecule has 0 radical (unpaired) electrons. The van der Waals surface area contributed by atoms with Gasteiger partial charge in [0.25, 0.3) is 0 Å². The number of hydrogen-bond donors (Lipinski definition) is 1. The molecule has 23 heavy (non-hydrogen) atoms. The standard InChI is InChI=1S/C14H20N4O4S/c1-14(2,3)22-13(20)18-7-9(16-23)8-6-15-17(4)10(8)11(18)12(19)21-5/h6,11,23H,7H2,1-5H3/b16-9+. The van der Waals surface area contributed by atoms with Crippen LogP contribution in [-0.2, 0) is 21.3 Å². The van der Waals surface area contributed by atoms with Crippen LogP contribution < -0.4 is 0 Å². The molecule has 1 amide bonds. The second-order valence-corrected chi connectivity index (χ2v) is 6.35. The zero-order valence-electron chi connectivity index (χ0n) is 13.7. The highest BCUT2D eigenvalue weighted by atomic mass is 32.1. The highest BCUT2D eigenvalue weighted by molar-refractivity contribution is 7.79. The van der Waals surface area contributed by atoms with Crippen LogP contribution >= 0.6 is 12.8 Å². The fourth-order valence-electron chi connectivity index (χ4n) is 2.41. The van der Waals surface area contributed by atoms with Gasteiger partial charge in [-0.05, 0) is 33.6 Å². The third kappa shape index (κ3) is 3.34. The van der Waals surface area contributed by atoms with Crippen LogP contribution in [0, 0.1) is 0 Å². The molecule has 8 nitrogen and oxygen atoms in total. The van der Waals surface area contributed by atoms with Gasteiger partial charge in [0.2, 0.25) is 0 Å². The summed E-state index contributed by atoms with van der Waals surface area (Å²) >= 11 is 3.95. The Balaban J connectivity index is 2.51. The van der Waals surface area contributed by atoms with E-state index in [2.05, 4.69) is 22.3 Å². The van der Waals surface area contributed by atoms with Crippen molar-refractivity contribution in [3.05, 3.63) is 17.5 Å². The highest BCUT2D eigenvalue weighted by Crippen LogP contribution is 2.32. The number of methoxy groups -OCH3 is 1. The molecule has 126 valence electrons. The third-order valence-electron chi connectivity index (χ3n) is 3.36. The van der Waals surface area contributed by atoms with Crippen molar-refractivity contribution >= 4 is 30.6 Å². The molecule has 1 aromatic rings. The van der Waals surface area contributed by atoms with Gasteiger partial charge in [0.05, 0.1) is 31.3 Å². The first-order valence-corrected chi connectivity index (χ1v) is 7.40. The van der Waals surface area contributed by atoms with E-state index in [0.717, 1.165) is 0 Å². The number of ether oxygens (including phenoxy) is 2. The number of fused-ring (bicyclic) bond motifs is 1. The number of hydrogen-bond acceptors (Lipinski definition) is 7. The zero-order valence-corrected chi connectivity index (χ0v) is 14.6. The molecule has 1 aliphatic rings. The van der Waals surface area contributed by atoms with Crippen LogP contribution in [0.15, 0.2) is 10.6 Å². The molecule has 1 aliphatic heterocycles. The summed E-state index contributed by atoms with van der Waals surface area (Å²) in [5, 5.41) is 4.15. The number of carbonyl (C=O) groups excluding carboxylic acids is 2. The second-order valence-electron chi connectivity index (χ2n) is 6.15. The second kappa shape index (κ2) is 6.23. The van der Waals surface area contributed by atoms with Crippen LogP contribution in [0.1, 0.15) is 38.1 Å². The van der Waals surface area contributed by atoms with Gasteiger partial charge >= 0.3 is 12.1 Å². The van der Waals surface area contributed by atoms with E-state index in [1.165, 1.54) is 16.7 Å².